The van der Waals surface area contributed by atoms with Gasteiger partial charge in [-0.25, -0.2) is 14.8 Å². The Kier molecular flexibility index (Phi) is 4.77. The van der Waals surface area contributed by atoms with Gasteiger partial charge in [0, 0.05) is 30.8 Å². The van der Waals surface area contributed by atoms with Gasteiger partial charge < -0.3 is 15.0 Å². The summed E-state index contributed by atoms with van der Waals surface area (Å²) in [5.74, 6) is 1.27. The fourth-order valence-corrected chi connectivity index (χ4v) is 3.45. The summed E-state index contributed by atoms with van der Waals surface area (Å²) < 4.78 is 5.57. The number of H-pyrrole nitrogens is 1. The molecule has 1 amide bonds. The van der Waals surface area contributed by atoms with Crippen molar-refractivity contribution >= 4 is 17.7 Å². The molecule has 142 valence electrons. The zero-order valence-electron chi connectivity index (χ0n) is 15.0. The highest BCUT2D eigenvalue weighted by molar-refractivity contribution is 5.69. The quantitative estimate of drug-likeness (QED) is 0.822. The minimum Gasteiger partial charge on any atom is -0.446 e. The van der Waals surface area contributed by atoms with Crippen molar-refractivity contribution in [3.63, 3.8) is 0 Å². The van der Waals surface area contributed by atoms with Crippen LogP contribution in [0.15, 0.2) is 18.5 Å². The zero-order chi connectivity index (χ0) is 19.5. The Morgan fingerprint density at radius 2 is 2.11 bits per heavy atom. The van der Waals surface area contributed by atoms with E-state index in [0.29, 0.717) is 24.7 Å². The summed E-state index contributed by atoms with van der Waals surface area (Å²) in [7, 11) is 0. The molecule has 1 aliphatic heterocycles. The fourth-order valence-electron chi connectivity index (χ4n) is 3.45. The van der Waals surface area contributed by atoms with Crippen LogP contribution in [0.4, 0.5) is 16.4 Å². The molecule has 2 aromatic heterocycles. The lowest BCUT2D eigenvalue weighted by molar-refractivity contribution is 0.0381. The first kappa shape index (κ1) is 17.7. The smallest absolute Gasteiger partial charge is 0.410 e. The second kappa shape index (κ2) is 7.53. The van der Waals surface area contributed by atoms with E-state index >= 15 is 0 Å². The van der Waals surface area contributed by atoms with Crippen molar-refractivity contribution in [2.45, 2.75) is 31.3 Å². The van der Waals surface area contributed by atoms with Crippen LogP contribution in [0, 0.1) is 28.6 Å². The average molecular weight is 378 g/mol. The van der Waals surface area contributed by atoms with E-state index in [2.05, 4.69) is 31.6 Å². The Hall–Kier alpha value is -3.66. The van der Waals surface area contributed by atoms with Crippen molar-refractivity contribution in [2.75, 3.05) is 18.4 Å². The molecule has 4 rings (SSSR count). The molecule has 10 nitrogen and oxygen atoms in total. The van der Waals surface area contributed by atoms with Crippen molar-refractivity contribution in [1.29, 1.82) is 10.5 Å². The molecular weight excluding hydrogens is 360 g/mol. The highest BCUT2D eigenvalue weighted by Crippen LogP contribution is 2.36. The van der Waals surface area contributed by atoms with Crippen molar-refractivity contribution in [3.8, 4) is 12.1 Å². The SMILES string of the molecule is N#Cc1cnc(Nc2cc([C@H]3CC[C@@H](OC(=O)N4CC(C#N)C4)C3)[nH]n2)cn1. The molecule has 0 aromatic carbocycles. The lowest BCUT2D eigenvalue weighted by Crippen LogP contribution is -2.50. The lowest BCUT2D eigenvalue weighted by Gasteiger charge is -2.34. The maximum Gasteiger partial charge on any atom is 0.410 e. The number of nitriles is 2. The maximum atomic E-state index is 12.1. The van der Waals surface area contributed by atoms with Crippen LogP contribution in [0.5, 0.6) is 0 Å². The number of amides is 1. The van der Waals surface area contributed by atoms with Crippen LogP contribution in [0.1, 0.15) is 36.6 Å². The molecule has 2 aromatic rings. The Morgan fingerprint density at radius 3 is 2.82 bits per heavy atom. The van der Waals surface area contributed by atoms with Gasteiger partial charge in [0.2, 0.25) is 0 Å². The van der Waals surface area contributed by atoms with Gasteiger partial charge in [0.1, 0.15) is 18.0 Å². The monoisotopic (exact) mass is 378 g/mol. The van der Waals surface area contributed by atoms with Gasteiger partial charge in [-0.1, -0.05) is 0 Å². The van der Waals surface area contributed by atoms with Gasteiger partial charge in [0.25, 0.3) is 0 Å². The van der Waals surface area contributed by atoms with Gasteiger partial charge in [-0.3, -0.25) is 5.10 Å². The molecule has 2 atom stereocenters. The number of nitrogens with zero attached hydrogens (tertiary/aromatic N) is 6. The molecule has 28 heavy (non-hydrogen) atoms. The van der Waals surface area contributed by atoms with Crippen molar-refractivity contribution in [2.24, 2.45) is 5.92 Å². The molecule has 1 aliphatic carbocycles. The van der Waals surface area contributed by atoms with Crippen LogP contribution in [-0.4, -0.2) is 50.4 Å². The van der Waals surface area contributed by atoms with E-state index in [0.717, 1.165) is 25.0 Å². The van der Waals surface area contributed by atoms with Crippen LogP contribution in [0.2, 0.25) is 0 Å². The average Bonchev–Trinajstić information content (AvgIpc) is 3.31. The number of carbonyl (C=O) groups is 1. The Bertz CT molecular complexity index is 936. The number of aromatic amines is 1. The molecule has 2 fully saturated rings. The third-order valence-corrected chi connectivity index (χ3v) is 5.03. The molecule has 3 heterocycles. The van der Waals surface area contributed by atoms with Crippen LogP contribution >= 0.6 is 0 Å². The number of carbonyl (C=O) groups excluding carboxylic acids is 1. The van der Waals surface area contributed by atoms with Crippen LogP contribution < -0.4 is 5.32 Å². The number of nitrogens with one attached hydrogen (secondary N) is 2. The maximum absolute atomic E-state index is 12.1. The Morgan fingerprint density at radius 1 is 1.25 bits per heavy atom. The highest BCUT2D eigenvalue weighted by atomic mass is 16.6. The number of aromatic nitrogens is 4. The predicted molar refractivity (Wildman–Crippen MR) is 96.2 cm³/mol. The normalized spacial score (nSPS) is 21.4. The number of anilines is 2. The number of rotatable bonds is 4. The molecule has 0 spiro atoms. The Labute approximate surface area is 161 Å². The van der Waals surface area contributed by atoms with E-state index in [9.17, 15) is 4.79 Å². The first-order valence-electron chi connectivity index (χ1n) is 9.04. The second-order valence-corrected chi connectivity index (χ2v) is 6.98. The Balaban J connectivity index is 1.29. The van der Waals surface area contributed by atoms with Gasteiger partial charge in [0.15, 0.2) is 11.5 Å². The predicted octanol–water partition coefficient (Wildman–Crippen LogP) is 2.04. The van der Waals surface area contributed by atoms with Crippen LogP contribution in [0.25, 0.3) is 0 Å². The first-order valence-corrected chi connectivity index (χ1v) is 9.04. The number of hydrogen-bond acceptors (Lipinski definition) is 8. The van der Waals surface area contributed by atoms with Crippen molar-refractivity contribution in [3.05, 3.63) is 29.8 Å². The van der Waals surface area contributed by atoms with E-state index in [-0.39, 0.29) is 29.7 Å². The summed E-state index contributed by atoms with van der Waals surface area (Å²) in [6, 6.07) is 5.97. The molecule has 0 bridgehead atoms. The van der Waals surface area contributed by atoms with Gasteiger partial charge in [-0.15, -0.1) is 0 Å². The molecule has 1 saturated carbocycles. The molecule has 10 heteroatoms. The first-order chi connectivity index (χ1) is 13.6. The second-order valence-electron chi connectivity index (χ2n) is 6.98. The fraction of sp³-hybridized carbons (Fsp3) is 0.444. The number of likely N-dealkylation sites (tertiary alicyclic amines) is 1. The zero-order valence-corrected chi connectivity index (χ0v) is 15.0. The van der Waals surface area contributed by atoms with Gasteiger partial charge in [0.05, 0.1) is 24.4 Å². The van der Waals surface area contributed by atoms with Gasteiger partial charge in [-0.2, -0.15) is 15.6 Å². The molecule has 0 unspecified atom stereocenters. The van der Waals surface area contributed by atoms with Gasteiger partial charge >= 0.3 is 6.09 Å². The van der Waals surface area contributed by atoms with Crippen LogP contribution in [0.3, 0.4) is 0 Å². The van der Waals surface area contributed by atoms with E-state index in [1.54, 1.807) is 4.90 Å². The minimum absolute atomic E-state index is 0.0689. The number of ether oxygens (including phenoxy) is 1. The van der Waals surface area contributed by atoms with E-state index in [1.165, 1.54) is 12.4 Å². The molecule has 0 radical (unpaired) electrons. The van der Waals surface area contributed by atoms with E-state index in [1.807, 2.05) is 12.1 Å². The minimum atomic E-state index is -0.330. The highest BCUT2D eigenvalue weighted by Gasteiger charge is 2.35. The summed E-state index contributed by atoms with van der Waals surface area (Å²) in [5.41, 5.74) is 1.22. The lowest BCUT2D eigenvalue weighted by atomic mass is 10.0. The molecule has 2 N–H and O–H groups in total. The van der Waals surface area contributed by atoms with Crippen molar-refractivity contribution < 1.29 is 9.53 Å². The van der Waals surface area contributed by atoms with Gasteiger partial charge in [-0.05, 0) is 19.3 Å². The third-order valence-electron chi connectivity index (χ3n) is 5.03. The van der Waals surface area contributed by atoms with E-state index < -0.39 is 0 Å². The summed E-state index contributed by atoms with van der Waals surface area (Å²) in [5, 5.41) is 27.8. The van der Waals surface area contributed by atoms with Crippen molar-refractivity contribution in [1.82, 2.24) is 25.1 Å². The topological polar surface area (TPSA) is 144 Å². The summed E-state index contributed by atoms with van der Waals surface area (Å²) in [4.78, 5) is 21.7. The number of hydrogen-bond donors (Lipinski definition) is 2. The molecule has 1 saturated heterocycles. The largest absolute Gasteiger partial charge is 0.446 e. The van der Waals surface area contributed by atoms with Crippen LogP contribution in [-0.2, 0) is 4.74 Å². The molecular formula is C18H18N8O2. The molecule has 2 aliphatic rings. The van der Waals surface area contributed by atoms with E-state index in [4.69, 9.17) is 15.3 Å². The summed E-state index contributed by atoms with van der Waals surface area (Å²) in [6.07, 6.45) is 4.85. The third kappa shape index (κ3) is 3.71. The summed E-state index contributed by atoms with van der Waals surface area (Å²) >= 11 is 0. The standard InChI is InChI=1S/C18H18N8O2/c19-5-11-9-26(10-11)18(27)28-14-2-1-12(3-14)15-4-16(25-24-15)23-17-8-21-13(6-20)7-22-17/h4,7-8,11-12,14H,1-3,9-10H2,(H2,22,23,24,25)/t12-,14+/m0/s1. The summed E-state index contributed by atoms with van der Waals surface area (Å²) in [6.45, 7) is 0.915.